The smallest absolute Gasteiger partial charge is 0.270 e. The molecule has 3 N–H and O–H groups in total. The number of hydrogen-bond donors (Lipinski definition) is 3. The van der Waals surface area contributed by atoms with Crippen LogP contribution in [0.5, 0.6) is 0 Å². The van der Waals surface area contributed by atoms with Gasteiger partial charge in [-0.05, 0) is 76.4 Å². The molecule has 4 heterocycles. The second kappa shape index (κ2) is 11.3. The van der Waals surface area contributed by atoms with E-state index in [-0.39, 0.29) is 17.6 Å². The summed E-state index contributed by atoms with van der Waals surface area (Å²) in [6.45, 7) is 8.54. The monoisotopic (exact) mass is 538 g/mol. The van der Waals surface area contributed by atoms with Crippen molar-refractivity contribution in [3.63, 3.8) is 0 Å². The quantitative estimate of drug-likeness (QED) is 0.538. The maximum Gasteiger partial charge on any atom is 0.270 e. The van der Waals surface area contributed by atoms with E-state index >= 15 is 0 Å². The molecular weight excluding hydrogens is 496 g/mol. The SMILES string of the molecule is CN1CCN(C(=O)c2cc3c([nH]2)C(=O)CCC3)CC1.CN1CCN(C(=O)c2cc3c([nH]2)C(C)(O)CCC3)CC1. The number of piperazine rings is 2. The van der Waals surface area contributed by atoms with Crippen molar-refractivity contribution in [2.45, 2.75) is 51.0 Å². The van der Waals surface area contributed by atoms with Gasteiger partial charge in [-0.1, -0.05) is 0 Å². The maximum absolute atomic E-state index is 12.5. The predicted molar refractivity (Wildman–Crippen MR) is 148 cm³/mol. The fourth-order valence-electron chi connectivity index (χ4n) is 6.02. The van der Waals surface area contributed by atoms with Crippen LogP contribution in [0, 0.1) is 0 Å². The summed E-state index contributed by atoms with van der Waals surface area (Å²) in [5.74, 6) is 0.220. The molecule has 6 rings (SSSR count). The molecule has 0 radical (unpaired) electrons. The standard InChI is InChI=1S/C15H23N3O2.C14H19N3O2/c1-15(20)5-3-4-11-10-12(16-13(11)15)14(19)18-8-6-17(2)7-9-18;1-16-5-7-17(8-6-16)14(19)11-9-10-3-2-4-12(18)13(10)15-11/h10,16,20H,3-9H2,1-2H3;9,15H,2-8H2,1H3. The van der Waals surface area contributed by atoms with E-state index in [0.29, 0.717) is 23.5 Å². The number of Topliss-reactive ketones (excluding diaryl/α,β-unsaturated/α-hetero) is 1. The van der Waals surface area contributed by atoms with Gasteiger partial charge in [-0.25, -0.2) is 0 Å². The second-order valence-electron chi connectivity index (χ2n) is 11.8. The highest BCUT2D eigenvalue weighted by molar-refractivity contribution is 6.00. The molecule has 1 atom stereocenters. The van der Waals surface area contributed by atoms with Gasteiger partial charge >= 0.3 is 0 Å². The minimum absolute atomic E-state index is 0.0234. The Kier molecular flexibility index (Phi) is 7.98. The molecule has 0 bridgehead atoms. The van der Waals surface area contributed by atoms with Crippen molar-refractivity contribution in [1.82, 2.24) is 29.6 Å². The van der Waals surface area contributed by atoms with E-state index in [1.54, 1.807) is 0 Å². The molecule has 0 aromatic carbocycles. The van der Waals surface area contributed by atoms with Gasteiger partial charge in [-0.2, -0.15) is 0 Å². The number of aliphatic hydroxyl groups is 1. The number of nitrogens with zero attached hydrogens (tertiary/aromatic N) is 4. The number of carbonyl (C=O) groups excluding carboxylic acids is 3. The topological polar surface area (TPSA) is 116 Å². The summed E-state index contributed by atoms with van der Waals surface area (Å²) in [6.07, 6.45) is 5.05. The highest BCUT2D eigenvalue weighted by Crippen LogP contribution is 2.35. The number of carbonyl (C=O) groups is 3. The summed E-state index contributed by atoms with van der Waals surface area (Å²) >= 11 is 0. The molecule has 1 unspecified atom stereocenters. The van der Waals surface area contributed by atoms with E-state index in [1.807, 2.05) is 28.9 Å². The number of aryl methyl sites for hydroxylation is 2. The molecule has 2 aromatic heterocycles. The number of amides is 2. The van der Waals surface area contributed by atoms with E-state index in [1.165, 1.54) is 0 Å². The first kappa shape index (κ1) is 27.6. The zero-order valence-electron chi connectivity index (χ0n) is 23.5. The van der Waals surface area contributed by atoms with Crippen molar-refractivity contribution in [1.29, 1.82) is 0 Å². The molecule has 0 spiro atoms. The summed E-state index contributed by atoms with van der Waals surface area (Å²) < 4.78 is 0. The highest BCUT2D eigenvalue weighted by Gasteiger charge is 2.33. The molecule has 2 amide bonds. The first-order valence-electron chi connectivity index (χ1n) is 14.3. The van der Waals surface area contributed by atoms with Crippen LogP contribution in [-0.2, 0) is 18.4 Å². The third kappa shape index (κ3) is 5.97. The number of aromatic nitrogens is 2. The van der Waals surface area contributed by atoms with Gasteiger partial charge < -0.3 is 34.7 Å². The van der Waals surface area contributed by atoms with Crippen LogP contribution >= 0.6 is 0 Å². The van der Waals surface area contributed by atoms with Crippen LogP contribution in [0.15, 0.2) is 12.1 Å². The fourth-order valence-corrected chi connectivity index (χ4v) is 6.02. The number of fused-ring (bicyclic) bond motifs is 2. The van der Waals surface area contributed by atoms with Crippen LogP contribution in [0.4, 0.5) is 0 Å². The van der Waals surface area contributed by atoms with Crippen molar-refractivity contribution in [3.05, 3.63) is 46.0 Å². The normalized spacial score (nSPS) is 24.1. The van der Waals surface area contributed by atoms with Gasteiger partial charge in [0.15, 0.2) is 5.78 Å². The third-order valence-corrected chi connectivity index (χ3v) is 8.62. The van der Waals surface area contributed by atoms with Crippen LogP contribution in [0.25, 0.3) is 0 Å². The Morgan fingerprint density at radius 1 is 0.769 bits per heavy atom. The van der Waals surface area contributed by atoms with Gasteiger partial charge in [0.2, 0.25) is 0 Å². The lowest BCUT2D eigenvalue weighted by atomic mass is 9.85. The molecule has 2 aromatic rings. The summed E-state index contributed by atoms with van der Waals surface area (Å²) in [7, 11) is 4.14. The molecule has 10 heteroatoms. The lowest BCUT2D eigenvalue weighted by Gasteiger charge is -2.32. The average Bonchev–Trinajstić information content (AvgIpc) is 3.56. The number of nitrogens with one attached hydrogen (secondary N) is 2. The maximum atomic E-state index is 12.5. The summed E-state index contributed by atoms with van der Waals surface area (Å²) in [5.41, 5.74) is 3.97. The third-order valence-electron chi connectivity index (χ3n) is 8.62. The van der Waals surface area contributed by atoms with Gasteiger partial charge in [0.1, 0.15) is 17.0 Å². The number of ketones is 1. The van der Waals surface area contributed by atoms with E-state index < -0.39 is 5.60 Å². The molecule has 2 fully saturated rings. The van der Waals surface area contributed by atoms with Gasteiger partial charge in [0.25, 0.3) is 11.8 Å². The fraction of sp³-hybridized carbons (Fsp3) is 0.621. The second-order valence-corrected chi connectivity index (χ2v) is 11.8. The summed E-state index contributed by atoms with van der Waals surface area (Å²) in [4.78, 5) is 51.1. The number of H-pyrrole nitrogens is 2. The largest absolute Gasteiger partial charge is 0.384 e. The minimum Gasteiger partial charge on any atom is -0.384 e. The van der Waals surface area contributed by atoms with Crippen LogP contribution in [0.2, 0.25) is 0 Å². The van der Waals surface area contributed by atoms with E-state index in [2.05, 4.69) is 33.9 Å². The van der Waals surface area contributed by atoms with Gasteiger partial charge in [-0.15, -0.1) is 0 Å². The van der Waals surface area contributed by atoms with Gasteiger partial charge in [0, 0.05) is 58.8 Å². The first-order chi connectivity index (χ1) is 18.6. The summed E-state index contributed by atoms with van der Waals surface area (Å²) in [5, 5.41) is 10.4. The number of likely N-dealkylation sites (N-methyl/N-ethyl adjacent to an activating group) is 2. The van der Waals surface area contributed by atoms with Crippen LogP contribution < -0.4 is 0 Å². The van der Waals surface area contributed by atoms with Crippen LogP contribution in [-0.4, -0.2) is 119 Å². The average molecular weight is 539 g/mol. The van der Waals surface area contributed by atoms with Crippen LogP contribution in [0.3, 0.4) is 0 Å². The van der Waals surface area contributed by atoms with Crippen molar-refractivity contribution in [3.8, 4) is 0 Å². The number of hydrogen-bond acceptors (Lipinski definition) is 6. The van der Waals surface area contributed by atoms with Crippen molar-refractivity contribution in [2.75, 3.05) is 66.5 Å². The van der Waals surface area contributed by atoms with E-state index in [0.717, 1.165) is 101 Å². The van der Waals surface area contributed by atoms with E-state index in [9.17, 15) is 19.5 Å². The zero-order valence-corrected chi connectivity index (χ0v) is 23.5. The van der Waals surface area contributed by atoms with Crippen molar-refractivity contribution in [2.24, 2.45) is 0 Å². The Labute approximate surface area is 230 Å². The Morgan fingerprint density at radius 3 is 1.82 bits per heavy atom. The first-order valence-corrected chi connectivity index (χ1v) is 14.3. The van der Waals surface area contributed by atoms with Crippen LogP contribution in [0.1, 0.15) is 80.9 Å². The molecule has 10 nitrogen and oxygen atoms in total. The Hall–Kier alpha value is -2.95. The van der Waals surface area contributed by atoms with Crippen molar-refractivity contribution >= 4 is 17.6 Å². The molecule has 4 aliphatic rings. The highest BCUT2D eigenvalue weighted by atomic mass is 16.3. The molecule has 2 aliphatic carbocycles. The Balaban J connectivity index is 0.000000158. The predicted octanol–water partition coefficient (Wildman–Crippen LogP) is 1.87. The lowest BCUT2D eigenvalue weighted by molar-refractivity contribution is 0.0346. The molecule has 212 valence electrons. The Bertz CT molecular complexity index is 1210. The Morgan fingerprint density at radius 2 is 1.28 bits per heavy atom. The molecule has 39 heavy (non-hydrogen) atoms. The molecule has 2 saturated heterocycles. The minimum atomic E-state index is -0.825. The number of rotatable bonds is 2. The molecule has 0 saturated carbocycles. The van der Waals surface area contributed by atoms with Gasteiger partial charge in [0.05, 0.1) is 11.4 Å². The number of aromatic amines is 2. The molecule has 2 aliphatic heterocycles. The summed E-state index contributed by atoms with van der Waals surface area (Å²) in [6, 6.07) is 3.80. The lowest BCUT2D eigenvalue weighted by Crippen LogP contribution is -2.47. The van der Waals surface area contributed by atoms with Crippen molar-refractivity contribution < 1.29 is 19.5 Å². The molecular formula is C29H42N6O4. The zero-order chi connectivity index (χ0) is 27.7. The van der Waals surface area contributed by atoms with E-state index in [4.69, 9.17) is 0 Å². The van der Waals surface area contributed by atoms with Gasteiger partial charge in [-0.3, -0.25) is 14.4 Å².